The maximum Gasteiger partial charge on any atom is 0.251 e. The fourth-order valence-electron chi connectivity index (χ4n) is 2.32. The molecule has 1 amide bonds. The first-order valence-electron chi connectivity index (χ1n) is 7.86. The molecule has 0 spiro atoms. The first-order chi connectivity index (χ1) is 11.3. The van der Waals surface area contributed by atoms with Crippen LogP contribution >= 0.6 is 27.5 Å². The third-order valence-electron chi connectivity index (χ3n) is 3.39. The molecule has 0 radical (unpaired) electrons. The summed E-state index contributed by atoms with van der Waals surface area (Å²) in [5.41, 5.74) is 1.70. The first-order valence-corrected chi connectivity index (χ1v) is 9.03. The van der Waals surface area contributed by atoms with E-state index in [2.05, 4.69) is 21.2 Å². The van der Waals surface area contributed by atoms with Crippen molar-refractivity contribution in [1.82, 2.24) is 5.32 Å². The number of nitrogens with one attached hydrogen (secondary N) is 1. The lowest BCUT2D eigenvalue weighted by molar-refractivity contribution is 0.0940. The zero-order valence-electron chi connectivity index (χ0n) is 14.0. The molecule has 2 aromatic rings. The fourth-order valence-corrected chi connectivity index (χ4v) is 2.81. The first kappa shape index (κ1) is 18.8. The van der Waals surface area contributed by atoms with Crippen LogP contribution in [0.4, 0.5) is 0 Å². The Bertz CT molecular complexity index is 701. The minimum absolute atomic E-state index is 0.0176. The van der Waals surface area contributed by atoms with Crippen LogP contribution in [-0.2, 0) is 6.42 Å². The summed E-state index contributed by atoms with van der Waals surface area (Å²) in [4.78, 5) is 12.4. The van der Waals surface area contributed by atoms with Gasteiger partial charge in [-0.2, -0.15) is 0 Å². The van der Waals surface area contributed by atoms with E-state index in [0.29, 0.717) is 16.3 Å². The molecule has 0 aliphatic rings. The van der Waals surface area contributed by atoms with Crippen molar-refractivity contribution in [3.8, 4) is 5.75 Å². The Kier molecular flexibility index (Phi) is 6.69. The summed E-state index contributed by atoms with van der Waals surface area (Å²) < 4.78 is 6.62. The van der Waals surface area contributed by atoms with Crippen LogP contribution < -0.4 is 10.1 Å². The molecule has 3 nitrogen and oxygen atoms in total. The topological polar surface area (TPSA) is 38.3 Å². The van der Waals surface area contributed by atoms with E-state index in [4.69, 9.17) is 16.3 Å². The van der Waals surface area contributed by atoms with E-state index in [1.807, 2.05) is 45.0 Å². The number of halogens is 2. The van der Waals surface area contributed by atoms with Crippen molar-refractivity contribution in [3.63, 3.8) is 0 Å². The van der Waals surface area contributed by atoms with Gasteiger partial charge in [0.05, 0.1) is 11.1 Å². The molecule has 0 aromatic heterocycles. The molecule has 0 aliphatic heterocycles. The lowest BCUT2D eigenvalue weighted by Gasteiger charge is -2.15. The molecule has 24 heavy (non-hydrogen) atoms. The lowest BCUT2D eigenvalue weighted by atomic mass is 10.1. The number of hydrogen-bond donors (Lipinski definition) is 1. The van der Waals surface area contributed by atoms with Gasteiger partial charge in [-0.1, -0.05) is 39.7 Å². The average Bonchev–Trinajstić information content (AvgIpc) is 2.51. The Morgan fingerprint density at radius 3 is 2.42 bits per heavy atom. The molecule has 5 heteroatoms. The van der Waals surface area contributed by atoms with Crippen molar-refractivity contribution in [1.29, 1.82) is 0 Å². The number of benzene rings is 2. The lowest BCUT2D eigenvalue weighted by Crippen LogP contribution is -2.34. The van der Waals surface area contributed by atoms with Crippen molar-refractivity contribution in [2.24, 2.45) is 0 Å². The molecule has 128 valence electrons. The third-order valence-corrected chi connectivity index (χ3v) is 4.21. The molecular weight excluding hydrogens is 390 g/mol. The molecule has 2 aromatic carbocycles. The second-order valence-electron chi connectivity index (χ2n) is 6.02. The molecule has 1 unspecified atom stereocenters. The van der Waals surface area contributed by atoms with E-state index in [9.17, 15) is 4.79 Å². The van der Waals surface area contributed by atoms with Gasteiger partial charge in [-0.3, -0.25) is 4.79 Å². The third kappa shape index (κ3) is 5.53. The summed E-state index contributed by atoms with van der Waals surface area (Å²) in [6, 6.07) is 13.2. The molecule has 1 atom stereocenters. The summed E-state index contributed by atoms with van der Waals surface area (Å²) in [6.07, 6.45) is 0.800. The molecule has 0 fully saturated rings. The molecule has 0 saturated heterocycles. The summed E-state index contributed by atoms with van der Waals surface area (Å²) in [5, 5.41) is 3.44. The number of ether oxygens (including phenoxy) is 1. The molecular formula is C19H21BrClNO2. The molecule has 1 N–H and O–H groups in total. The average molecular weight is 411 g/mol. The van der Waals surface area contributed by atoms with Crippen molar-refractivity contribution < 1.29 is 9.53 Å². The summed E-state index contributed by atoms with van der Waals surface area (Å²) in [6.45, 7) is 5.85. The minimum atomic E-state index is -0.141. The van der Waals surface area contributed by atoms with E-state index >= 15 is 0 Å². The highest BCUT2D eigenvalue weighted by Crippen LogP contribution is 2.26. The summed E-state index contributed by atoms with van der Waals surface area (Å²) >= 11 is 9.61. The predicted octanol–water partition coefficient (Wildman–Crippen LogP) is 5.25. The van der Waals surface area contributed by atoms with Gasteiger partial charge in [0, 0.05) is 16.1 Å². The zero-order chi connectivity index (χ0) is 17.7. The number of carbonyl (C=O) groups excluding carboxylic acids is 1. The highest BCUT2D eigenvalue weighted by atomic mass is 79.9. The van der Waals surface area contributed by atoms with E-state index in [1.54, 1.807) is 18.2 Å². The van der Waals surface area contributed by atoms with Gasteiger partial charge >= 0.3 is 0 Å². The van der Waals surface area contributed by atoms with Crippen LogP contribution in [-0.4, -0.2) is 18.1 Å². The van der Waals surface area contributed by atoms with Crippen molar-refractivity contribution in [2.75, 3.05) is 0 Å². The van der Waals surface area contributed by atoms with Gasteiger partial charge < -0.3 is 10.1 Å². The van der Waals surface area contributed by atoms with Gasteiger partial charge in [0.2, 0.25) is 0 Å². The van der Waals surface area contributed by atoms with Crippen molar-refractivity contribution in [3.05, 3.63) is 63.1 Å². The minimum Gasteiger partial charge on any atom is -0.489 e. The van der Waals surface area contributed by atoms with Crippen LogP contribution in [0.1, 0.15) is 36.7 Å². The number of carbonyl (C=O) groups is 1. The SMILES string of the molecule is CC(Cc1ccc(Br)cc1)NC(=O)c1ccc(OC(C)C)c(Cl)c1. The second kappa shape index (κ2) is 8.54. The number of rotatable bonds is 6. The summed E-state index contributed by atoms with van der Waals surface area (Å²) in [5.74, 6) is 0.448. The number of amides is 1. The van der Waals surface area contributed by atoms with Crippen LogP contribution in [0.15, 0.2) is 46.9 Å². The predicted molar refractivity (Wildman–Crippen MR) is 102 cm³/mol. The standard InChI is InChI=1S/C19H21BrClNO2/c1-12(2)24-18-9-6-15(11-17(18)21)19(23)22-13(3)10-14-4-7-16(20)8-5-14/h4-9,11-13H,10H2,1-3H3,(H,22,23). The quantitative estimate of drug-likeness (QED) is 0.706. The van der Waals surface area contributed by atoms with E-state index < -0.39 is 0 Å². The van der Waals surface area contributed by atoms with Gasteiger partial charge in [-0.05, 0) is 63.1 Å². The Morgan fingerprint density at radius 1 is 1.17 bits per heavy atom. The molecule has 0 aliphatic carbocycles. The molecule has 2 rings (SSSR count). The van der Waals surface area contributed by atoms with Gasteiger partial charge in [0.1, 0.15) is 5.75 Å². The maximum atomic E-state index is 12.4. The maximum absolute atomic E-state index is 12.4. The van der Waals surface area contributed by atoms with Gasteiger partial charge in [-0.15, -0.1) is 0 Å². The van der Waals surface area contributed by atoms with Crippen molar-refractivity contribution in [2.45, 2.75) is 39.3 Å². The van der Waals surface area contributed by atoms with Gasteiger partial charge in [0.25, 0.3) is 5.91 Å². The van der Waals surface area contributed by atoms with E-state index in [-0.39, 0.29) is 18.1 Å². The van der Waals surface area contributed by atoms with E-state index in [0.717, 1.165) is 10.9 Å². The van der Waals surface area contributed by atoms with Crippen LogP contribution in [0.25, 0.3) is 0 Å². The Balaban J connectivity index is 1.98. The smallest absolute Gasteiger partial charge is 0.251 e. The van der Waals surface area contributed by atoms with Crippen LogP contribution in [0.5, 0.6) is 5.75 Å². The van der Waals surface area contributed by atoms with Crippen LogP contribution in [0, 0.1) is 0 Å². The van der Waals surface area contributed by atoms with E-state index in [1.165, 1.54) is 5.56 Å². The molecule has 0 bridgehead atoms. The highest BCUT2D eigenvalue weighted by Gasteiger charge is 2.13. The van der Waals surface area contributed by atoms with Gasteiger partial charge in [0.15, 0.2) is 0 Å². The molecule has 0 saturated carbocycles. The molecule has 0 heterocycles. The monoisotopic (exact) mass is 409 g/mol. The van der Waals surface area contributed by atoms with Crippen LogP contribution in [0.2, 0.25) is 5.02 Å². The highest BCUT2D eigenvalue weighted by molar-refractivity contribution is 9.10. The van der Waals surface area contributed by atoms with Gasteiger partial charge in [-0.25, -0.2) is 0 Å². The van der Waals surface area contributed by atoms with Crippen molar-refractivity contribution >= 4 is 33.4 Å². The Hall–Kier alpha value is -1.52. The normalized spacial score (nSPS) is 12.1. The second-order valence-corrected chi connectivity index (χ2v) is 7.34. The Labute approximate surface area is 156 Å². The summed E-state index contributed by atoms with van der Waals surface area (Å²) in [7, 11) is 0. The zero-order valence-corrected chi connectivity index (χ0v) is 16.3. The number of hydrogen-bond acceptors (Lipinski definition) is 2. The van der Waals surface area contributed by atoms with Crippen LogP contribution in [0.3, 0.4) is 0 Å². The Morgan fingerprint density at radius 2 is 1.83 bits per heavy atom. The largest absolute Gasteiger partial charge is 0.489 e. The fraction of sp³-hybridized carbons (Fsp3) is 0.316.